The van der Waals surface area contributed by atoms with Crippen molar-refractivity contribution in [3.8, 4) is 0 Å². The van der Waals surface area contributed by atoms with E-state index in [0.717, 1.165) is 11.1 Å². The maximum atomic E-state index is 12.1. The van der Waals surface area contributed by atoms with Gasteiger partial charge >= 0.3 is 0 Å². The highest BCUT2D eigenvalue weighted by atomic mass is 16.1. The van der Waals surface area contributed by atoms with Crippen LogP contribution in [-0.4, -0.2) is 21.1 Å². The van der Waals surface area contributed by atoms with Crippen molar-refractivity contribution in [2.75, 3.05) is 5.73 Å². The van der Waals surface area contributed by atoms with Crippen molar-refractivity contribution >= 4 is 22.5 Å². The van der Waals surface area contributed by atoms with Gasteiger partial charge in [0.1, 0.15) is 5.69 Å². The van der Waals surface area contributed by atoms with Gasteiger partial charge in [-0.3, -0.25) is 9.89 Å². The zero-order valence-electron chi connectivity index (χ0n) is 10.6. The fourth-order valence-electron chi connectivity index (χ4n) is 1.97. The van der Waals surface area contributed by atoms with E-state index in [9.17, 15) is 4.79 Å². The number of fused-ring (bicyclic) bond motifs is 1. The average molecular weight is 267 g/mol. The zero-order chi connectivity index (χ0) is 13.9. The van der Waals surface area contributed by atoms with Crippen LogP contribution in [0.5, 0.6) is 0 Å². The molecule has 2 aromatic heterocycles. The molecule has 6 heteroatoms. The van der Waals surface area contributed by atoms with Crippen molar-refractivity contribution in [1.29, 1.82) is 0 Å². The van der Waals surface area contributed by atoms with Gasteiger partial charge in [0.25, 0.3) is 5.91 Å². The lowest BCUT2D eigenvalue weighted by Gasteiger charge is -2.06. The van der Waals surface area contributed by atoms with Gasteiger partial charge in [0.05, 0.1) is 17.8 Å². The van der Waals surface area contributed by atoms with Gasteiger partial charge in [-0.1, -0.05) is 18.2 Å². The molecule has 3 aromatic rings. The molecule has 0 unspecified atom stereocenters. The summed E-state index contributed by atoms with van der Waals surface area (Å²) < 4.78 is 0. The molecule has 2 heterocycles. The number of nitrogen functional groups attached to an aromatic ring is 1. The first-order valence-electron chi connectivity index (χ1n) is 6.16. The number of pyridine rings is 1. The molecule has 1 amide bonds. The normalized spacial score (nSPS) is 10.6. The Morgan fingerprint density at radius 2 is 2.15 bits per heavy atom. The van der Waals surface area contributed by atoms with Gasteiger partial charge in [-0.25, -0.2) is 4.98 Å². The largest absolute Gasteiger partial charge is 0.398 e. The predicted octanol–water partition coefficient (Wildman–Crippen LogP) is 1.47. The third kappa shape index (κ3) is 2.31. The van der Waals surface area contributed by atoms with Crippen LogP contribution in [0.3, 0.4) is 0 Å². The number of amides is 1. The van der Waals surface area contributed by atoms with E-state index in [0.29, 0.717) is 23.4 Å². The molecule has 0 aliphatic rings. The van der Waals surface area contributed by atoms with Crippen molar-refractivity contribution in [3.63, 3.8) is 0 Å². The third-order valence-electron chi connectivity index (χ3n) is 2.98. The minimum atomic E-state index is -0.267. The summed E-state index contributed by atoms with van der Waals surface area (Å²) in [5.41, 5.74) is 8.33. The molecule has 0 spiro atoms. The Kier molecular flexibility index (Phi) is 3.04. The Morgan fingerprint density at radius 1 is 1.30 bits per heavy atom. The molecular formula is C14H13N5O. The second-order valence-corrected chi connectivity index (χ2v) is 4.38. The molecule has 0 bridgehead atoms. The van der Waals surface area contributed by atoms with Crippen molar-refractivity contribution in [2.45, 2.75) is 6.54 Å². The monoisotopic (exact) mass is 267 g/mol. The van der Waals surface area contributed by atoms with Crippen LogP contribution in [-0.2, 0) is 6.54 Å². The molecule has 0 aliphatic heterocycles. The quantitative estimate of drug-likeness (QED) is 0.669. The number of carbonyl (C=O) groups is 1. The Labute approximate surface area is 115 Å². The molecule has 1 aromatic carbocycles. The Bertz CT molecular complexity index is 751. The van der Waals surface area contributed by atoms with Crippen molar-refractivity contribution in [3.05, 3.63) is 54.0 Å². The van der Waals surface area contributed by atoms with Gasteiger partial charge in [-0.05, 0) is 18.2 Å². The van der Waals surface area contributed by atoms with Gasteiger partial charge in [-0.2, -0.15) is 5.10 Å². The van der Waals surface area contributed by atoms with Crippen LogP contribution in [0.15, 0.2) is 42.6 Å². The third-order valence-corrected chi connectivity index (χ3v) is 2.98. The van der Waals surface area contributed by atoms with Gasteiger partial charge < -0.3 is 11.1 Å². The van der Waals surface area contributed by atoms with Crippen LogP contribution in [0.1, 0.15) is 16.2 Å². The summed E-state index contributed by atoms with van der Waals surface area (Å²) >= 11 is 0. The second kappa shape index (κ2) is 5.00. The fraction of sp³-hybridized carbons (Fsp3) is 0.0714. The molecule has 0 aliphatic carbocycles. The minimum absolute atomic E-state index is 0.267. The predicted molar refractivity (Wildman–Crippen MR) is 75.9 cm³/mol. The van der Waals surface area contributed by atoms with Gasteiger partial charge in [0.2, 0.25) is 0 Å². The minimum Gasteiger partial charge on any atom is -0.398 e. The average Bonchev–Trinajstić information content (AvgIpc) is 2.98. The van der Waals surface area contributed by atoms with Crippen LogP contribution < -0.4 is 11.1 Å². The lowest BCUT2D eigenvalue weighted by atomic mass is 10.1. The summed E-state index contributed by atoms with van der Waals surface area (Å²) in [5, 5.41) is 10.2. The number of nitrogens with one attached hydrogen (secondary N) is 2. The second-order valence-electron chi connectivity index (χ2n) is 4.38. The van der Waals surface area contributed by atoms with E-state index in [1.807, 2.05) is 24.3 Å². The number of hydrogen-bond acceptors (Lipinski definition) is 4. The summed E-state index contributed by atoms with van der Waals surface area (Å²) in [4.78, 5) is 16.4. The maximum Gasteiger partial charge on any atom is 0.270 e. The number of anilines is 1. The molecule has 0 fully saturated rings. The van der Waals surface area contributed by atoms with Crippen LogP contribution in [0.4, 0.5) is 5.69 Å². The highest BCUT2D eigenvalue weighted by molar-refractivity contribution is 5.99. The van der Waals surface area contributed by atoms with Crippen LogP contribution in [0, 0.1) is 0 Å². The van der Waals surface area contributed by atoms with E-state index < -0.39 is 0 Å². The number of rotatable bonds is 3. The standard InChI is InChI=1S/C14H13N5O/c15-11-7-13(18-12-4-2-1-3-10(11)12)14(20)16-8-9-5-6-17-19-9/h1-7H,8H2,(H2,15,18)(H,16,20)(H,17,19). The first-order chi connectivity index (χ1) is 9.74. The highest BCUT2D eigenvalue weighted by Crippen LogP contribution is 2.19. The highest BCUT2D eigenvalue weighted by Gasteiger charge is 2.10. The fourth-order valence-corrected chi connectivity index (χ4v) is 1.97. The summed E-state index contributed by atoms with van der Waals surface area (Å²) in [7, 11) is 0. The number of nitrogens with zero attached hydrogens (tertiary/aromatic N) is 2. The van der Waals surface area contributed by atoms with Crippen molar-refractivity contribution in [1.82, 2.24) is 20.5 Å². The van der Waals surface area contributed by atoms with Crippen molar-refractivity contribution in [2.24, 2.45) is 0 Å². The first-order valence-corrected chi connectivity index (χ1v) is 6.16. The van der Waals surface area contributed by atoms with Crippen LogP contribution >= 0.6 is 0 Å². The molecule has 100 valence electrons. The number of nitrogens with two attached hydrogens (primary N) is 1. The molecule has 0 atom stereocenters. The number of carbonyl (C=O) groups excluding carboxylic acids is 1. The molecule has 3 rings (SSSR count). The van der Waals surface area contributed by atoms with E-state index in [1.54, 1.807) is 18.3 Å². The molecule has 4 N–H and O–H groups in total. The molecular weight excluding hydrogens is 254 g/mol. The molecule has 0 saturated carbocycles. The summed E-state index contributed by atoms with van der Waals surface area (Å²) in [5.74, 6) is -0.267. The molecule has 6 nitrogen and oxygen atoms in total. The number of hydrogen-bond donors (Lipinski definition) is 3. The molecule has 20 heavy (non-hydrogen) atoms. The summed E-state index contributed by atoms with van der Waals surface area (Å²) in [6.07, 6.45) is 1.63. The number of para-hydroxylation sites is 1. The summed E-state index contributed by atoms with van der Waals surface area (Å²) in [6, 6.07) is 10.8. The van der Waals surface area contributed by atoms with Gasteiger partial charge in [0.15, 0.2) is 0 Å². The Hall–Kier alpha value is -2.89. The van der Waals surface area contributed by atoms with E-state index in [4.69, 9.17) is 5.73 Å². The van der Waals surface area contributed by atoms with E-state index in [1.165, 1.54) is 0 Å². The lowest BCUT2D eigenvalue weighted by molar-refractivity contribution is 0.0946. The number of benzene rings is 1. The van der Waals surface area contributed by atoms with Crippen molar-refractivity contribution < 1.29 is 4.79 Å². The Balaban J connectivity index is 1.84. The van der Waals surface area contributed by atoms with Crippen LogP contribution in [0.25, 0.3) is 10.9 Å². The van der Waals surface area contributed by atoms with Gasteiger partial charge in [0, 0.05) is 17.3 Å². The van der Waals surface area contributed by atoms with E-state index in [2.05, 4.69) is 20.5 Å². The molecule has 0 radical (unpaired) electrons. The zero-order valence-corrected chi connectivity index (χ0v) is 10.6. The van der Waals surface area contributed by atoms with Crippen LogP contribution in [0.2, 0.25) is 0 Å². The topological polar surface area (TPSA) is 96.7 Å². The van der Waals surface area contributed by atoms with E-state index in [-0.39, 0.29) is 5.91 Å². The number of aromatic amines is 1. The SMILES string of the molecule is Nc1cc(C(=O)NCc2ccn[nH]2)nc2ccccc12. The summed E-state index contributed by atoms with van der Waals surface area (Å²) in [6.45, 7) is 0.368. The Morgan fingerprint density at radius 3 is 2.95 bits per heavy atom. The van der Waals surface area contributed by atoms with E-state index >= 15 is 0 Å². The number of H-pyrrole nitrogens is 1. The van der Waals surface area contributed by atoms with Gasteiger partial charge in [-0.15, -0.1) is 0 Å². The maximum absolute atomic E-state index is 12.1. The lowest BCUT2D eigenvalue weighted by Crippen LogP contribution is -2.24. The first kappa shape index (κ1) is 12.2. The molecule has 0 saturated heterocycles. The number of aromatic nitrogens is 3. The smallest absolute Gasteiger partial charge is 0.270 e.